The number of nitrogens with one attached hydrogen (secondary N) is 1. The van der Waals surface area contributed by atoms with Crippen molar-refractivity contribution in [2.24, 2.45) is 16.6 Å². The van der Waals surface area contributed by atoms with E-state index in [1.165, 1.54) is 0 Å². The molecule has 0 unspecified atom stereocenters. The molecular formula is C4H5N6O2+. The summed E-state index contributed by atoms with van der Waals surface area (Å²) in [4.78, 5) is 23.2. The Hall–Kier alpha value is -2.30. The molecule has 0 aliphatic rings. The zero-order chi connectivity index (χ0) is 9.72. The summed E-state index contributed by atoms with van der Waals surface area (Å²) < 4.78 is 0. The highest BCUT2D eigenvalue weighted by Crippen LogP contribution is 2.05. The normalized spacial score (nSPS) is 10.9. The maximum absolute atomic E-state index is 10.4. The van der Waals surface area contributed by atoms with Gasteiger partial charge in [0, 0.05) is 0 Å². The van der Waals surface area contributed by atoms with E-state index in [0.717, 1.165) is 0 Å². The fraction of sp³-hybridized carbons (Fsp3) is 0. The standard InChI is InChI=1S/C4H4N6O2/c5-3(11)1(9-7)2(10-8)4(6)12/h7H,(H3-,5,6,11,12)/p+1. The van der Waals surface area contributed by atoms with Gasteiger partial charge in [-0.05, 0) is 0 Å². The number of carbonyl (C=O) groups is 2. The first-order valence-corrected chi connectivity index (χ1v) is 2.61. The molecule has 8 nitrogen and oxygen atoms in total. The van der Waals surface area contributed by atoms with Crippen LogP contribution in [0.15, 0.2) is 16.5 Å². The average Bonchev–Trinajstić information content (AvgIpc) is 1.98. The van der Waals surface area contributed by atoms with Crippen LogP contribution in [0.3, 0.4) is 0 Å². The van der Waals surface area contributed by atoms with Crippen molar-refractivity contribution in [3.8, 4) is 0 Å². The van der Waals surface area contributed by atoms with Crippen molar-refractivity contribution in [2.45, 2.75) is 0 Å². The molecule has 12 heavy (non-hydrogen) atoms. The molecule has 0 aromatic carbocycles. The van der Waals surface area contributed by atoms with E-state index in [1.54, 1.807) is 0 Å². The van der Waals surface area contributed by atoms with Crippen molar-refractivity contribution in [1.82, 2.24) is 0 Å². The maximum atomic E-state index is 10.4. The summed E-state index contributed by atoms with van der Waals surface area (Å²) in [6.07, 6.45) is 0. The summed E-state index contributed by atoms with van der Waals surface area (Å²) in [7, 11) is 0. The molecule has 0 heterocycles. The molecule has 0 saturated carbocycles. The van der Waals surface area contributed by atoms with Gasteiger partial charge in [-0.1, -0.05) is 0 Å². The molecule has 0 rings (SSSR count). The topological polar surface area (TPSA) is 151 Å². The molecule has 0 fully saturated rings. The van der Waals surface area contributed by atoms with Crippen LogP contribution in [0.5, 0.6) is 0 Å². The van der Waals surface area contributed by atoms with Crippen molar-refractivity contribution >= 4 is 11.8 Å². The van der Waals surface area contributed by atoms with Gasteiger partial charge < -0.3 is 11.5 Å². The number of carbonyl (C=O) groups excluding carboxylic acids is 2. The Bertz CT molecular complexity index is 310. The van der Waals surface area contributed by atoms with Crippen LogP contribution in [0.2, 0.25) is 0 Å². The third kappa shape index (κ3) is 1.84. The molecule has 8 heteroatoms. The largest absolute Gasteiger partial charge is 0.481 e. The lowest BCUT2D eigenvalue weighted by Crippen LogP contribution is -2.20. The number of nitrogens with zero attached hydrogens (tertiary/aromatic N) is 3. The van der Waals surface area contributed by atoms with Gasteiger partial charge in [-0.3, -0.25) is 9.59 Å². The van der Waals surface area contributed by atoms with Crippen LogP contribution in [0.1, 0.15) is 0 Å². The molecular weight excluding hydrogens is 164 g/mol. The van der Waals surface area contributed by atoms with E-state index < -0.39 is 23.2 Å². The van der Waals surface area contributed by atoms with E-state index >= 15 is 0 Å². The predicted octanol–water partition coefficient (Wildman–Crippen LogP) is -0.947. The van der Waals surface area contributed by atoms with Gasteiger partial charge in [0.1, 0.15) is 0 Å². The lowest BCUT2D eigenvalue weighted by molar-refractivity contribution is -0.117. The summed E-state index contributed by atoms with van der Waals surface area (Å²) >= 11 is 0. The van der Waals surface area contributed by atoms with Crippen LogP contribution in [-0.4, -0.2) is 11.8 Å². The second kappa shape index (κ2) is 3.77. The van der Waals surface area contributed by atoms with Gasteiger partial charge in [0.2, 0.25) is 5.39 Å². The molecule has 0 aromatic rings. The Morgan fingerprint density at radius 2 is 1.83 bits per heavy atom. The monoisotopic (exact) mass is 169 g/mol. The summed E-state index contributed by atoms with van der Waals surface area (Å²) in [6.45, 7) is 0. The molecule has 5 N–H and O–H groups in total. The summed E-state index contributed by atoms with van der Waals surface area (Å²) in [5.74, 6) is -2.36. The van der Waals surface area contributed by atoms with Crippen molar-refractivity contribution in [3.63, 3.8) is 0 Å². The van der Waals surface area contributed by atoms with E-state index in [1.807, 2.05) is 0 Å². The minimum atomic E-state index is -1.19. The third-order valence-electron chi connectivity index (χ3n) is 0.903. The summed E-state index contributed by atoms with van der Waals surface area (Å²) in [5, 5.41) is 10.7. The van der Waals surface area contributed by atoms with Crippen LogP contribution < -0.4 is 11.5 Å². The lowest BCUT2D eigenvalue weighted by Gasteiger charge is -1.85. The van der Waals surface area contributed by atoms with Gasteiger partial charge in [0.15, 0.2) is 4.98 Å². The average molecular weight is 169 g/mol. The highest BCUT2D eigenvalue weighted by atomic mass is 16.2. The highest BCUT2D eigenvalue weighted by Gasteiger charge is 2.29. The molecule has 0 aromatic heterocycles. The number of diazo groups is 1. The highest BCUT2D eigenvalue weighted by molar-refractivity contribution is 6.04. The summed E-state index contributed by atoms with van der Waals surface area (Å²) in [6, 6.07) is 0. The number of hydrogen-bond acceptors (Lipinski definition) is 5. The molecule has 0 atom stereocenters. The molecule has 2 amide bonds. The first-order chi connectivity index (χ1) is 5.54. The zero-order valence-electron chi connectivity index (χ0n) is 5.81. The maximum Gasteiger partial charge on any atom is 0.481 e. The number of nitrogens with two attached hydrogens (primary N) is 2. The molecule has 0 aliphatic heterocycles. The Labute approximate surface area is 66.3 Å². The van der Waals surface area contributed by atoms with Crippen LogP contribution in [0.25, 0.3) is 4.98 Å². The Morgan fingerprint density at radius 3 is 1.92 bits per heavy atom. The number of primary amides is 2. The van der Waals surface area contributed by atoms with Gasteiger partial charge in [0.25, 0.3) is 11.6 Å². The van der Waals surface area contributed by atoms with E-state index in [9.17, 15) is 9.59 Å². The Kier molecular flexibility index (Phi) is 3.05. The van der Waals surface area contributed by atoms with E-state index in [-0.39, 0.29) is 0 Å². The van der Waals surface area contributed by atoms with E-state index in [2.05, 4.69) is 21.6 Å². The quantitative estimate of drug-likeness (QED) is 0.284. The zero-order valence-corrected chi connectivity index (χ0v) is 5.81. The summed E-state index contributed by atoms with van der Waals surface area (Å²) in [5.41, 5.74) is 14.1. The van der Waals surface area contributed by atoms with E-state index in [4.69, 9.17) is 10.9 Å². The molecule has 0 radical (unpaired) electrons. The van der Waals surface area contributed by atoms with Crippen molar-refractivity contribution < 1.29 is 9.59 Å². The van der Waals surface area contributed by atoms with Gasteiger partial charge in [-0.15, -0.1) is 5.11 Å². The second-order valence-electron chi connectivity index (χ2n) is 1.64. The molecule has 0 bridgehead atoms. The van der Waals surface area contributed by atoms with Gasteiger partial charge in [-0.2, -0.15) is 0 Å². The molecule has 0 spiro atoms. The third-order valence-corrected chi connectivity index (χ3v) is 0.903. The number of hydrogen-bond donors (Lipinski definition) is 3. The van der Waals surface area contributed by atoms with Crippen molar-refractivity contribution in [1.29, 1.82) is 10.9 Å². The first kappa shape index (κ1) is 9.70. The molecule has 62 valence electrons. The minimum absolute atomic E-state index is 0.787. The number of rotatable bonds is 3. The van der Waals surface area contributed by atoms with Crippen LogP contribution in [0, 0.1) is 10.9 Å². The predicted molar refractivity (Wildman–Crippen MR) is 35.6 cm³/mol. The van der Waals surface area contributed by atoms with E-state index in [0.29, 0.717) is 0 Å². The SMILES string of the molecule is N#[N+]C(C(N)=O)=C(N=N)C(N)=O. The fourth-order valence-corrected chi connectivity index (χ4v) is 0.438. The van der Waals surface area contributed by atoms with Crippen LogP contribution in [-0.2, 0) is 9.59 Å². The fourth-order valence-electron chi connectivity index (χ4n) is 0.438. The minimum Gasteiger partial charge on any atom is -0.364 e. The van der Waals surface area contributed by atoms with Crippen LogP contribution in [0.4, 0.5) is 0 Å². The second-order valence-corrected chi connectivity index (χ2v) is 1.64. The van der Waals surface area contributed by atoms with Crippen molar-refractivity contribution in [2.75, 3.05) is 0 Å². The molecule has 0 saturated heterocycles. The smallest absolute Gasteiger partial charge is 0.364 e. The molecule has 0 aliphatic carbocycles. The lowest BCUT2D eigenvalue weighted by atomic mass is 10.3. The number of amides is 2. The Balaban J connectivity index is 5.35. The van der Waals surface area contributed by atoms with Crippen LogP contribution >= 0.6 is 0 Å². The van der Waals surface area contributed by atoms with Gasteiger partial charge >= 0.3 is 11.6 Å². The first-order valence-electron chi connectivity index (χ1n) is 2.61. The van der Waals surface area contributed by atoms with Crippen molar-refractivity contribution in [3.05, 3.63) is 16.4 Å². The Morgan fingerprint density at radius 1 is 1.33 bits per heavy atom. The van der Waals surface area contributed by atoms with Gasteiger partial charge in [0.05, 0.1) is 0 Å². The van der Waals surface area contributed by atoms with Gasteiger partial charge in [-0.25, -0.2) is 5.53 Å².